The van der Waals surface area contributed by atoms with Gasteiger partial charge in [-0.05, 0) is 60.2 Å². The molecule has 5 rings (SSSR count). The van der Waals surface area contributed by atoms with Gasteiger partial charge in [-0.3, -0.25) is 13.9 Å². The maximum absolute atomic E-state index is 14.0. The van der Waals surface area contributed by atoms with Crippen LogP contribution in [0.15, 0.2) is 107 Å². The third kappa shape index (κ3) is 5.29. The van der Waals surface area contributed by atoms with E-state index in [1.165, 1.54) is 23.5 Å². The Hall–Kier alpha value is -4.41. The first-order valence-corrected chi connectivity index (χ1v) is 14.2. The van der Waals surface area contributed by atoms with Gasteiger partial charge in [0.05, 0.1) is 40.0 Å². The van der Waals surface area contributed by atoms with E-state index in [0.717, 1.165) is 27.1 Å². The van der Waals surface area contributed by atoms with Crippen molar-refractivity contribution in [2.24, 2.45) is 7.05 Å². The second kappa shape index (κ2) is 10.8. The second-order valence-corrected chi connectivity index (χ2v) is 11.6. The van der Waals surface area contributed by atoms with E-state index in [1.54, 1.807) is 66.2 Å². The fourth-order valence-electron chi connectivity index (χ4n) is 4.22. The Morgan fingerprint density at radius 3 is 2.36 bits per heavy atom. The summed E-state index contributed by atoms with van der Waals surface area (Å²) in [5, 5.41) is 2.86. The summed E-state index contributed by atoms with van der Waals surface area (Å²) in [7, 11) is -0.871. The molecule has 1 amide bonds. The summed E-state index contributed by atoms with van der Waals surface area (Å²) in [5.41, 5.74) is 2.45. The molecule has 8 nitrogen and oxygen atoms in total. The second-order valence-electron chi connectivity index (χ2n) is 8.75. The Labute approximate surface area is 229 Å². The standard InChI is InChI=1S/C29H25N3O5S2/c1-31-26-17-12-21(18-27(26)38-29(31)34)30-28(33)24-10-6-7-11-25(24)32(19-20-8-4-3-5-9-20)39(35,36)23-15-13-22(37-2)14-16-23/h3-18H,19H2,1-2H3,(H,30,33). The Balaban J connectivity index is 1.55. The van der Waals surface area contributed by atoms with Crippen molar-refractivity contribution >= 4 is 48.9 Å². The first-order chi connectivity index (χ1) is 18.8. The molecule has 0 bridgehead atoms. The number of rotatable bonds is 8. The average molecular weight is 560 g/mol. The Morgan fingerprint density at radius 1 is 0.949 bits per heavy atom. The molecule has 0 aliphatic rings. The van der Waals surface area contributed by atoms with E-state index in [4.69, 9.17) is 4.74 Å². The van der Waals surface area contributed by atoms with Crippen molar-refractivity contribution in [2.45, 2.75) is 11.4 Å². The number of nitrogens with one attached hydrogen (secondary N) is 1. The zero-order valence-electron chi connectivity index (χ0n) is 21.2. The van der Waals surface area contributed by atoms with Crippen LogP contribution in [-0.2, 0) is 23.6 Å². The minimum atomic E-state index is -4.08. The van der Waals surface area contributed by atoms with Gasteiger partial charge in [0.1, 0.15) is 5.75 Å². The van der Waals surface area contributed by atoms with E-state index in [9.17, 15) is 18.0 Å². The van der Waals surface area contributed by atoms with Crippen molar-refractivity contribution < 1.29 is 17.9 Å². The van der Waals surface area contributed by atoms with E-state index < -0.39 is 15.9 Å². The summed E-state index contributed by atoms with van der Waals surface area (Å²) in [6.45, 7) is 0.0173. The molecule has 5 aromatic rings. The van der Waals surface area contributed by atoms with E-state index in [2.05, 4.69) is 5.32 Å². The number of hydrogen-bond acceptors (Lipinski definition) is 6. The highest BCUT2D eigenvalue weighted by Crippen LogP contribution is 2.31. The summed E-state index contributed by atoms with van der Waals surface area (Å²) in [4.78, 5) is 25.5. The summed E-state index contributed by atoms with van der Waals surface area (Å²) >= 11 is 1.09. The van der Waals surface area contributed by atoms with Crippen LogP contribution in [0.5, 0.6) is 5.75 Å². The molecule has 1 heterocycles. The minimum Gasteiger partial charge on any atom is -0.497 e. The lowest BCUT2D eigenvalue weighted by molar-refractivity contribution is 0.102. The average Bonchev–Trinajstić information content (AvgIpc) is 3.24. The van der Waals surface area contributed by atoms with Crippen LogP contribution in [0.2, 0.25) is 0 Å². The molecule has 0 aliphatic carbocycles. The first kappa shape index (κ1) is 26.2. The Morgan fingerprint density at radius 2 is 1.64 bits per heavy atom. The fourth-order valence-corrected chi connectivity index (χ4v) is 6.61. The normalized spacial score (nSPS) is 11.3. The lowest BCUT2D eigenvalue weighted by atomic mass is 10.1. The number of thiazole rings is 1. The third-order valence-corrected chi connectivity index (χ3v) is 9.05. The summed E-state index contributed by atoms with van der Waals surface area (Å²) in [6.07, 6.45) is 0. The zero-order valence-corrected chi connectivity index (χ0v) is 22.8. The van der Waals surface area contributed by atoms with Crippen LogP contribution in [0.25, 0.3) is 10.2 Å². The summed E-state index contributed by atoms with van der Waals surface area (Å²) in [5.74, 6) is 0.0555. The van der Waals surface area contributed by atoms with Crippen LogP contribution in [0.3, 0.4) is 0 Å². The number of amides is 1. The van der Waals surface area contributed by atoms with E-state index in [1.807, 2.05) is 30.3 Å². The quantitative estimate of drug-likeness (QED) is 0.280. The molecule has 198 valence electrons. The predicted octanol–water partition coefficient (Wildman–Crippen LogP) is 5.26. The van der Waals surface area contributed by atoms with Gasteiger partial charge in [-0.15, -0.1) is 0 Å². The van der Waals surface area contributed by atoms with Crippen LogP contribution < -0.4 is 19.2 Å². The number of para-hydroxylation sites is 1. The Bertz CT molecular complexity index is 1810. The van der Waals surface area contributed by atoms with E-state index in [0.29, 0.717) is 11.4 Å². The number of aromatic nitrogens is 1. The van der Waals surface area contributed by atoms with Crippen molar-refractivity contribution in [3.63, 3.8) is 0 Å². The van der Waals surface area contributed by atoms with Crippen LogP contribution >= 0.6 is 11.3 Å². The molecular weight excluding hydrogens is 534 g/mol. The lowest BCUT2D eigenvalue weighted by Gasteiger charge is -2.26. The molecule has 39 heavy (non-hydrogen) atoms. The van der Waals surface area contributed by atoms with Crippen LogP contribution in [0.1, 0.15) is 15.9 Å². The summed E-state index contributed by atoms with van der Waals surface area (Å²) < 4.78 is 36.7. The van der Waals surface area contributed by atoms with Crippen LogP contribution in [0.4, 0.5) is 11.4 Å². The van der Waals surface area contributed by atoms with E-state index in [-0.39, 0.29) is 27.6 Å². The van der Waals surface area contributed by atoms with Gasteiger partial charge in [0.15, 0.2) is 0 Å². The van der Waals surface area contributed by atoms with Crippen LogP contribution in [0, 0.1) is 0 Å². The molecule has 0 saturated heterocycles. The van der Waals surface area contributed by atoms with Gasteiger partial charge in [0.25, 0.3) is 15.9 Å². The molecule has 4 aromatic carbocycles. The highest BCUT2D eigenvalue weighted by Gasteiger charge is 2.29. The first-order valence-electron chi connectivity index (χ1n) is 12.0. The number of carbonyl (C=O) groups is 1. The SMILES string of the molecule is COc1ccc(S(=O)(=O)N(Cc2ccccc2)c2ccccc2C(=O)Nc2ccc3c(c2)sc(=O)n3C)cc1. The van der Waals surface area contributed by atoms with Gasteiger partial charge >= 0.3 is 4.87 Å². The van der Waals surface area contributed by atoms with Gasteiger partial charge in [0, 0.05) is 12.7 Å². The third-order valence-electron chi connectivity index (χ3n) is 6.28. The summed E-state index contributed by atoms with van der Waals surface area (Å²) in [6, 6.07) is 27.1. The molecule has 0 atom stereocenters. The highest BCUT2D eigenvalue weighted by molar-refractivity contribution is 7.92. The maximum Gasteiger partial charge on any atom is 0.307 e. The largest absolute Gasteiger partial charge is 0.497 e. The zero-order chi connectivity index (χ0) is 27.6. The molecule has 0 spiro atoms. The number of aryl methyl sites for hydroxylation is 1. The van der Waals surface area contributed by atoms with Crippen molar-refractivity contribution in [3.8, 4) is 5.75 Å². The number of sulfonamides is 1. The molecular formula is C29H25N3O5S2. The minimum absolute atomic E-state index is 0.0173. The predicted molar refractivity (Wildman–Crippen MR) is 154 cm³/mol. The van der Waals surface area contributed by atoms with Gasteiger partial charge in [0.2, 0.25) is 0 Å². The monoisotopic (exact) mass is 559 g/mol. The van der Waals surface area contributed by atoms with Crippen LogP contribution in [-0.4, -0.2) is 26.0 Å². The van der Waals surface area contributed by atoms with Crippen molar-refractivity contribution in [1.29, 1.82) is 0 Å². The molecule has 0 aliphatic heterocycles. The van der Waals surface area contributed by atoms with Gasteiger partial charge < -0.3 is 14.6 Å². The number of ether oxygens (including phenoxy) is 1. The molecule has 1 N–H and O–H groups in total. The number of methoxy groups -OCH3 is 1. The molecule has 0 radical (unpaired) electrons. The maximum atomic E-state index is 14.0. The smallest absolute Gasteiger partial charge is 0.307 e. The van der Waals surface area contributed by atoms with Crippen molar-refractivity contribution in [3.05, 3.63) is 118 Å². The molecule has 0 unspecified atom stereocenters. The number of hydrogen-bond donors (Lipinski definition) is 1. The van der Waals surface area contributed by atoms with Crippen molar-refractivity contribution in [1.82, 2.24) is 4.57 Å². The molecule has 10 heteroatoms. The molecule has 0 fully saturated rings. The number of anilines is 2. The lowest BCUT2D eigenvalue weighted by Crippen LogP contribution is -2.32. The van der Waals surface area contributed by atoms with Gasteiger partial charge in [-0.25, -0.2) is 8.42 Å². The fraction of sp³-hybridized carbons (Fsp3) is 0.103. The van der Waals surface area contributed by atoms with Gasteiger partial charge in [-0.1, -0.05) is 53.8 Å². The van der Waals surface area contributed by atoms with Gasteiger partial charge in [-0.2, -0.15) is 0 Å². The van der Waals surface area contributed by atoms with E-state index >= 15 is 0 Å². The van der Waals surface area contributed by atoms with Crippen molar-refractivity contribution in [2.75, 3.05) is 16.7 Å². The Kier molecular flexibility index (Phi) is 7.23. The number of carbonyl (C=O) groups excluding carboxylic acids is 1. The molecule has 0 saturated carbocycles. The number of benzene rings is 4. The highest BCUT2D eigenvalue weighted by atomic mass is 32.2. The number of nitrogens with zero attached hydrogens (tertiary/aromatic N) is 2. The molecule has 1 aromatic heterocycles. The topological polar surface area (TPSA) is 97.7 Å². The number of fused-ring (bicyclic) bond motifs is 1.